The Morgan fingerprint density at radius 2 is 1.51 bits per heavy atom. The molecule has 0 saturated carbocycles. The Hall–Kier alpha value is -4.46. The first kappa shape index (κ1) is 26.2. The number of ether oxygens (including phenoxy) is 3. The molecule has 5 rings (SSSR count). The molecule has 1 unspecified atom stereocenters. The number of halogens is 2. The van der Waals surface area contributed by atoms with E-state index in [2.05, 4.69) is 4.98 Å². The van der Waals surface area contributed by atoms with Crippen molar-refractivity contribution in [3.05, 3.63) is 108 Å². The van der Waals surface area contributed by atoms with Crippen LogP contribution in [0, 0.1) is 17.6 Å². The van der Waals surface area contributed by atoms with E-state index in [4.69, 9.17) is 14.2 Å². The second kappa shape index (κ2) is 11.9. The number of hydrogen-bond donors (Lipinski definition) is 0. The number of benzene rings is 3. The van der Waals surface area contributed by atoms with Gasteiger partial charge in [0.2, 0.25) is 11.8 Å². The second-order valence-electron chi connectivity index (χ2n) is 9.29. The third kappa shape index (κ3) is 6.17. The summed E-state index contributed by atoms with van der Waals surface area (Å²) in [5, 5.41) is 0. The van der Waals surface area contributed by atoms with Gasteiger partial charge in [0.1, 0.15) is 24.8 Å². The van der Waals surface area contributed by atoms with E-state index < -0.39 is 11.6 Å². The number of anilines is 1. The fraction of sp³-hybridized carbons (Fsp3) is 0.226. The molecule has 39 heavy (non-hydrogen) atoms. The Kier molecular flexibility index (Phi) is 8.01. The van der Waals surface area contributed by atoms with Crippen molar-refractivity contribution in [2.45, 2.75) is 19.6 Å². The minimum Gasteiger partial charge on any atom is -0.473 e. The number of methoxy groups -OCH3 is 1. The van der Waals surface area contributed by atoms with E-state index >= 15 is 8.78 Å². The highest BCUT2D eigenvalue weighted by molar-refractivity contribution is 5.75. The summed E-state index contributed by atoms with van der Waals surface area (Å²) in [7, 11) is 1.34. The van der Waals surface area contributed by atoms with Gasteiger partial charge in [0.25, 0.3) is 0 Å². The summed E-state index contributed by atoms with van der Waals surface area (Å²) in [4.78, 5) is 18.1. The molecule has 1 aliphatic rings. The number of nitrogens with zero attached hydrogens (tertiary/aromatic N) is 2. The van der Waals surface area contributed by atoms with Gasteiger partial charge in [-0.1, -0.05) is 60.7 Å². The lowest BCUT2D eigenvalue weighted by atomic mass is 10.0. The number of hydrogen-bond acceptors (Lipinski definition) is 6. The third-order valence-corrected chi connectivity index (χ3v) is 6.67. The first-order chi connectivity index (χ1) is 19.0. The Bertz CT molecular complexity index is 1410. The van der Waals surface area contributed by atoms with Crippen LogP contribution in [-0.2, 0) is 22.7 Å². The quantitative estimate of drug-likeness (QED) is 0.241. The third-order valence-electron chi connectivity index (χ3n) is 6.67. The van der Waals surface area contributed by atoms with E-state index in [0.29, 0.717) is 25.2 Å². The minimum atomic E-state index is -0.754. The fourth-order valence-corrected chi connectivity index (χ4v) is 4.62. The number of aromatic nitrogens is 1. The maximum Gasteiger partial charge on any atom is 0.310 e. The molecule has 1 aliphatic heterocycles. The van der Waals surface area contributed by atoms with Crippen LogP contribution < -0.4 is 14.4 Å². The lowest BCUT2D eigenvalue weighted by molar-refractivity contribution is -0.144. The van der Waals surface area contributed by atoms with Gasteiger partial charge in [-0.25, -0.2) is 8.78 Å². The van der Waals surface area contributed by atoms with Gasteiger partial charge in [0.15, 0.2) is 0 Å². The molecule has 6 nitrogen and oxygen atoms in total. The average molecular weight is 531 g/mol. The Morgan fingerprint density at radius 1 is 0.897 bits per heavy atom. The molecular formula is C31H28F2N2O4. The summed E-state index contributed by atoms with van der Waals surface area (Å²) in [5.74, 6) is -1.83. The SMILES string of the molecule is COC(=O)C1CCN(c2cc(F)c(-c3ccc(OCc4ccccc4)nc3OCc3ccccc3)c(F)c2)C1. The van der Waals surface area contributed by atoms with E-state index in [1.807, 2.05) is 60.7 Å². The summed E-state index contributed by atoms with van der Waals surface area (Å²) in [6, 6.07) is 24.7. The van der Waals surface area contributed by atoms with Gasteiger partial charge in [-0.2, -0.15) is 4.98 Å². The number of esters is 1. The second-order valence-corrected chi connectivity index (χ2v) is 9.29. The monoisotopic (exact) mass is 530 g/mol. The van der Waals surface area contributed by atoms with Crippen molar-refractivity contribution in [2.75, 3.05) is 25.1 Å². The number of pyridine rings is 1. The van der Waals surface area contributed by atoms with Gasteiger partial charge in [-0.15, -0.1) is 0 Å². The molecule has 0 bridgehead atoms. The average Bonchev–Trinajstić information content (AvgIpc) is 3.46. The van der Waals surface area contributed by atoms with Crippen molar-refractivity contribution in [1.29, 1.82) is 0 Å². The molecule has 0 amide bonds. The van der Waals surface area contributed by atoms with Gasteiger partial charge in [-0.05, 0) is 35.7 Å². The molecule has 8 heteroatoms. The minimum absolute atomic E-state index is 0.0573. The van der Waals surface area contributed by atoms with Crippen LogP contribution in [0.3, 0.4) is 0 Å². The van der Waals surface area contributed by atoms with Crippen LogP contribution in [0.4, 0.5) is 14.5 Å². The lowest BCUT2D eigenvalue weighted by Crippen LogP contribution is -2.23. The van der Waals surface area contributed by atoms with Gasteiger partial charge in [0, 0.05) is 24.8 Å². The van der Waals surface area contributed by atoms with Crippen LogP contribution in [0.1, 0.15) is 17.5 Å². The molecule has 0 radical (unpaired) electrons. The van der Waals surface area contributed by atoms with Crippen LogP contribution in [0.2, 0.25) is 0 Å². The summed E-state index contributed by atoms with van der Waals surface area (Å²) >= 11 is 0. The smallest absolute Gasteiger partial charge is 0.310 e. The van der Waals surface area contributed by atoms with Gasteiger partial charge >= 0.3 is 5.97 Å². The first-order valence-electron chi connectivity index (χ1n) is 12.7. The number of carbonyl (C=O) groups is 1. The highest BCUT2D eigenvalue weighted by Crippen LogP contribution is 2.37. The lowest BCUT2D eigenvalue weighted by Gasteiger charge is -2.20. The summed E-state index contributed by atoms with van der Waals surface area (Å²) < 4.78 is 47.7. The van der Waals surface area contributed by atoms with Crippen LogP contribution in [0.5, 0.6) is 11.8 Å². The zero-order chi connectivity index (χ0) is 27.2. The van der Waals surface area contributed by atoms with E-state index in [-0.39, 0.29) is 48.0 Å². The van der Waals surface area contributed by atoms with Crippen molar-refractivity contribution in [1.82, 2.24) is 4.98 Å². The molecule has 2 heterocycles. The van der Waals surface area contributed by atoms with Crippen LogP contribution in [0.25, 0.3) is 11.1 Å². The van der Waals surface area contributed by atoms with E-state index in [9.17, 15) is 4.79 Å². The highest BCUT2D eigenvalue weighted by Gasteiger charge is 2.30. The van der Waals surface area contributed by atoms with Crippen molar-refractivity contribution in [3.8, 4) is 22.9 Å². The highest BCUT2D eigenvalue weighted by atomic mass is 19.1. The van der Waals surface area contributed by atoms with Gasteiger partial charge < -0.3 is 19.1 Å². The molecule has 4 aromatic rings. The largest absolute Gasteiger partial charge is 0.473 e. The first-order valence-corrected chi connectivity index (χ1v) is 12.7. The normalized spacial score (nSPS) is 14.7. The van der Waals surface area contributed by atoms with Crippen molar-refractivity contribution < 1.29 is 27.8 Å². The maximum absolute atomic E-state index is 15.5. The van der Waals surface area contributed by atoms with Gasteiger partial charge in [0.05, 0.1) is 24.2 Å². The molecule has 3 aromatic carbocycles. The number of rotatable bonds is 9. The van der Waals surface area contributed by atoms with Crippen LogP contribution >= 0.6 is 0 Å². The van der Waals surface area contributed by atoms with Crippen molar-refractivity contribution >= 4 is 11.7 Å². The molecule has 1 aromatic heterocycles. The molecular weight excluding hydrogens is 502 g/mol. The molecule has 0 aliphatic carbocycles. The molecule has 1 atom stereocenters. The summed E-state index contributed by atoms with van der Waals surface area (Å²) in [5.41, 5.74) is 2.13. The Morgan fingerprint density at radius 3 is 2.13 bits per heavy atom. The fourth-order valence-electron chi connectivity index (χ4n) is 4.62. The van der Waals surface area contributed by atoms with Gasteiger partial charge in [-0.3, -0.25) is 4.79 Å². The predicted molar refractivity (Wildman–Crippen MR) is 143 cm³/mol. The summed E-state index contributed by atoms with van der Waals surface area (Å²) in [6.07, 6.45) is 0.559. The standard InChI is InChI=1S/C31H28F2N2O4/c1-37-31(36)23-14-15-35(18-23)24-16-26(32)29(27(33)17-24)25-12-13-28(38-19-21-8-4-2-5-9-21)34-30(25)39-20-22-10-6-3-7-11-22/h2-13,16-17,23H,14-15,18-20H2,1H3. The topological polar surface area (TPSA) is 60.9 Å². The molecule has 0 N–H and O–H groups in total. The van der Waals surface area contributed by atoms with Crippen molar-refractivity contribution in [3.63, 3.8) is 0 Å². The number of carbonyl (C=O) groups excluding carboxylic acids is 1. The molecule has 1 saturated heterocycles. The van der Waals surface area contributed by atoms with Crippen LogP contribution in [-0.4, -0.2) is 31.2 Å². The van der Waals surface area contributed by atoms with Crippen molar-refractivity contribution in [2.24, 2.45) is 5.92 Å². The van der Waals surface area contributed by atoms with E-state index in [1.54, 1.807) is 17.0 Å². The van der Waals surface area contributed by atoms with Crippen LogP contribution in [0.15, 0.2) is 84.9 Å². The molecule has 200 valence electrons. The Balaban J connectivity index is 1.43. The zero-order valence-corrected chi connectivity index (χ0v) is 21.5. The summed E-state index contributed by atoms with van der Waals surface area (Å²) in [6.45, 7) is 1.28. The molecule has 0 spiro atoms. The van der Waals surface area contributed by atoms with E-state index in [0.717, 1.165) is 11.1 Å². The Labute approximate surface area is 225 Å². The maximum atomic E-state index is 15.5. The molecule has 1 fully saturated rings. The zero-order valence-electron chi connectivity index (χ0n) is 21.5. The predicted octanol–water partition coefficient (Wildman–Crippen LogP) is 6.18. The van der Waals surface area contributed by atoms with E-state index in [1.165, 1.54) is 19.2 Å².